The first-order valence-corrected chi connectivity index (χ1v) is 4.93. The minimum absolute atomic E-state index is 0.104. The molecule has 1 rings (SSSR count). The van der Waals surface area contributed by atoms with Gasteiger partial charge >= 0.3 is 0 Å². The molecule has 0 saturated heterocycles. The van der Waals surface area contributed by atoms with Gasteiger partial charge in [0.15, 0.2) is 0 Å². The van der Waals surface area contributed by atoms with E-state index in [2.05, 4.69) is 0 Å². The van der Waals surface area contributed by atoms with Crippen molar-refractivity contribution in [1.82, 2.24) is 0 Å². The molecule has 0 aliphatic heterocycles. The maximum atomic E-state index is 9.77. The number of aliphatic hydroxyl groups excluding tert-OH is 2. The van der Waals surface area contributed by atoms with E-state index in [9.17, 15) is 10.2 Å². The average molecular weight is 226 g/mol. The van der Waals surface area contributed by atoms with Crippen LogP contribution in [0.4, 0.5) is 0 Å². The number of benzene rings is 1. The van der Waals surface area contributed by atoms with Crippen molar-refractivity contribution in [3.05, 3.63) is 34.3 Å². The molecule has 0 radical (unpaired) electrons. The fraction of sp³-hybridized carbons (Fsp3) is 0.364. The highest BCUT2D eigenvalue weighted by Crippen LogP contribution is 2.25. The second-order valence-corrected chi connectivity index (χ2v) is 3.81. The van der Waals surface area contributed by atoms with Crippen LogP contribution in [0.2, 0.25) is 5.02 Å². The third-order valence-corrected chi connectivity index (χ3v) is 2.46. The molecule has 0 bridgehead atoms. The predicted molar refractivity (Wildman–Crippen MR) is 57.4 cm³/mol. The molecule has 80 valence electrons. The van der Waals surface area contributed by atoms with Crippen molar-refractivity contribution in [3.8, 4) is 6.07 Å². The summed E-state index contributed by atoms with van der Waals surface area (Å²) in [5.74, 6) is 0. The van der Waals surface area contributed by atoms with Crippen LogP contribution in [-0.4, -0.2) is 16.3 Å². The first kappa shape index (κ1) is 12.0. The van der Waals surface area contributed by atoms with Gasteiger partial charge in [-0.2, -0.15) is 5.26 Å². The number of halogens is 1. The molecule has 15 heavy (non-hydrogen) atoms. The molecule has 0 saturated carbocycles. The molecule has 2 N–H and O–H groups in total. The Balaban J connectivity index is 2.95. The maximum absolute atomic E-state index is 9.77. The summed E-state index contributed by atoms with van der Waals surface area (Å²) in [6, 6.07) is 6.88. The normalized spacial score (nSPS) is 14.3. The van der Waals surface area contributed by atoms with E-state index in [4.69, 9.17) is 16.9 Å². The van der Waals surface area contributed by atoms with Gasteiger partial charge in [0.1, 0.15) is 6.10 Å². The Morgan fingerprint density at radius 3 is 2.73 bits per heavy atom. The molecule has 0 heterocycles. The van der Waals surface area contributed by atoms with Gasteiger partial charge in [-0.15, -0.1) is 0 Å². The Labute approximate surface area is 93.5 Å². The highest BCUT2D eigenvalue weighted by Gasteiger charge is 2.19. The second kappa shape index (κ2) is 5.13. The SMILES string of the molecule is Cc1ccc(Cl)cc1C(O)C(O)CC#N. The molecular formula is C11H12ClNO2. The number of aliphatic hydroxyl groups is 2. The van der Waals surface area contributed by atoms with E-state index in [0.717, 1.165) is 5.56 Å². The van der Waals surface area contributed by atoms with E-state index in [1.54, 1.807) is 18.2 Å². The number of hydrogen-bond donors (Lipinski definition) is 2. The lowest BCUT2D eigenvalue weighted by Crippen LogP contribution is -2.18. The lowest BCUT2D eigenvalue weighted by molar-refractivity contribution is 0.0212. The largest absolute Gasteiger partial charge is 0.389 e. The summed E-state index contributed by atoms with van der Waals surface area (Å²) in [7, 11) is 0. The van der Waals surface area contributed by atoms with E-state index in [1.807, 2.05) is 13.0 Å². The zero-order valence-corrected chi connectivity index (χ0v) is 9.07. The Morgan fingerprint density at radius 2 is 2.13 bits per heavy atom. The van der Waals surface area contributed by atoms with Crippen LogP contribution < -0.4 is 0 Å². The van der Waals surface area contributed by atoms with Gasteiger partial charge in [-0.1, -0.05) is 17.7 Å². The molecule has 0 aromatic heterocycles. The molecule has 2 atom stereocenters. The Morgan fingerprint density at radius 1 is 1.47 bits per heavy atom. The van der Waals surface area contributed by atoms with E-state index in [0.29, 0.717) is 10.6 Å². The number of nitriles is 1. The van der Waals surface area contributed by atoms with Gasteiger partial charge in [0.25, 0.3) is 0 Å². The summed E-state index contributed by atoms with van der Waals surface area (Å²) >= 11 is 5.78. The van der Waals surface area contributed by atoms with Gasteiger partial charge < -0.3 is 10.2 Å². The molecule has 0 spiro atoms. The van der Waals surface area contributed by atoms with Crippen LogP contribution >= 0.6 is 11.6 Å². The monoisotopic (exact) mass is 225 g/mol. The van der Waals surface area contributed by atoms with Crippen molar-refractivity contribution >= 4 is 11.6 Å². The molecule has 2 unspecified atom stereocenters. The predicted octanol–water partition coefficient (Wildman–Crippen LogP) is 1.96. The third-order valence-electron chi connectivity index (χ3n) is 2.22. The van der Waals surface area contributed by atoms with Crippen LogP contribution in [0.15, 0.2) is 18.2 Å². The molecule has 4 heteroatoms. The third kappa shape index (κ3) is 2.93. The lowest BCUT2D eigenvalue weighted by atomic mass is 9.98. The molecule has 0 aliphatic rings. The fourth-order valence-corrected chi connectivity index (χ4v) is 1.52. The molecule has 0 fully saturated rings. The van der Waals surface area contributed by atoms with Crippen molar-refractivity contribution in [1.29, 1.82) is 5.26 Å². The van der Waals surface area contributed by atoms with E-state index >= 15 is 0 Å². The van der Waals surface area contributed by atoms with Gasteiger partial charge in [-0.3, -0.25) is 0 Å². The zero-order valence-electron chi connectivity index (χ0n) is 8.31. The Hall–Kier alpha value is -1.08. The van der Waals surface area contributed by atoms with Crippen molar-refractivity contribution in [2.45, 2.75) is 25.6 Å². The summed E-state index contributed by atoms with van der Waals surface area (Å²) in [5, 5.41) is 28.1. The Bertz CT molecular complexity index is 387. The minimum atomic E-state index is -1.08. The lowest BCUT2D eigenvalue weighted by Gasteiger charge is -2.17. The van der Waals surface area contributed by atoms with Crippen LogP contribution in [0.3, 0.4) is 0 Å². The smallest absolute Gasteiger partial charge is 0.106 e. The maximum Gasteiger partial charge on any atom is 0.106 e. The fourth-order valence-electron chi connectivity index (χ4n) is 1.34. The highest BCUT2D eigenvalue weighted by molar-refractivity contribution is 6.30. The van der Waals surface area contributed by atoms with E-state index < -0.39 is 12.2 Å². The van der Waals surface area contributed by atoms with E-state index in [1.165, 1.54) is 0 Å². The van der Waals surface area contributed by atoms with Crippen molar-refractivity contribution in [2.24, 2.45) is 0 Å². The quantitative estimate of drug-likeness (QED) is 0.827. The van der Waals surface area contributed by atoms with Crippen LogP contribution in [0, 0.1) is 18.3 Å². The van der Waals surface area contributed by atoms with Crippen molar-refractivity contribution in [3.63, 3.8) is 0 Å². The highest BCUT2D eigenvalue weighted by atomic mass is 35.5. The van der Waals surface area contributed by atoms with Crippen LogP contribution in [-0.2, 0) is 0 Å². The van der Waals surface area contributed by atoms with Crippen LogP contribution in [0.5, 0.6) is 0 Å². The van der Waals surface area contributed by atoms with Crippen LogP contribution in [0.25, 0.3) is 0 Å². The summed E-state index contributed by atoms with van der Waals surface area (Å²) < 4.78 is 0. The summed E-state index contributed by atoms with van der Waals surface area (Å²) in [6.45, 7) is 1.81. The number of nitrogens with zero attached hydrogens (tertiary/aromatic N) is 1. The molecule has 1 aromatic carbocycles. The van der Waals surface area contributed by atoms with Gasteiger partial charge in [-0.25, -0.2) is 0 Å². The molecule has 3 nitrogen and oxygen atoms in total. The number of aryl methyl sites for hydroxylation is 1. The molecule has 0 aliphatic carbocycles. The second-order valence-electron chi connectivity index (χ2n) is 3.38. The summed E-state index contributed by atoms with van der Waals surface area (Å²) in [4.78, 5) is 0. The van der Waals surface area contributed by atoms with E-state index in [-0.39, 0.29) is 6.42 Å². The first-order chi connectivity index (χ1) is 7.06. The first-order valence-electron chi connectivity index (χ1n) is 4.55. The van der Waals surface area contributed by atoms with Crippen LogP contribution in [0.1, 0.15) is 23.7 Å². The standard InChI is InChI=1S/C11H12ClNO2/c1-7-2-3-8(12)6-9(7)11(15)10(14)4-5-13/h2-3,6,10-11,14-15H,4H2,1H3. The van der Waals surface area contributed by atoms with Gasteiger partial charge in [0.2, 0.25) is 0 Å². The van der Waals surface area contributed by atoms with Crippen molar-refractivity contribution in [2.75, 3.05) is 0 Å². The van der Waals surface area contributed by atoms with Gasteiger partial charge in [-0.05, 0) is 30.2 Å². The average Bonchev–Trinajstić information content (AvgIpc) is 2.21. The minimum Gasteiger partial charge on any atom is -0.389 e. The molecular weight excluding hydrogens is 214 g/mol. The number of rotatable bonds is 3. The van der Waals surface area contributed by atoms with Crippen molar-refractivity contribution < 1.29 is 10.2 Å². The number of hydrogen-bond acceptors (Lipinski definition) is 3. The molecule has 0 amide bonds. The topological polar surface area (TPSA) is 64.2 Å². The molecule has 1 aromatic rings. The Kier molecular flexibility index (Phi) is 4.10. The van der Waals surface area contributed by atoms with Gasteiger partial charge in [0.05, 0.1) is 18.6 Å². The summed E-state index contributed by atoms with van der Waals surface area (Å²) in [5.41, 5.74) is 1.40. The summed E-state index contributed by atoms with van der Waals surface area (Å²) in [6.07, 6.45) is -2.25. The van der Waals surface area contributed by atoms with Gasteiger partial charge in [0, 0.05) is 5.02 Å². The zero-order chi connectivity index (χ0) is 11.4.